The fraction of sp³-hybridized carbons (Fsp3) is 0.154. The van der Waals surface area contributed by atoms with E-state index in [1.807, 2.05) is 43.3 Å². The standard InChI is InChI=1S/C26H24N4O3/c1-15-12-21(10-11-28-15)29-20-7-4-18(5-8-20)13-23-22-14-19(16(2)25(27)32)6-9-24(22)30(17(3)31)26(23)33/h4-14,16H,1-3H3,(H2,27,32)(H,28,29)/b23-13-. The summed E-state index contributed by atoms with van der Waals surface area (Å²) in [7, 11) is 0. The minimum atomic E-state index is -0.514. The van der Waals surface area contributed by atoms with Gasteiger partial charge in [0.1, 0.15) is 0 Å². The van der Waals surface area contributed by atoms with Gasteiger partial charge >= 0.3 is 0 Å². The number of benzene rings is 2. The molecular formula is C26H24N4O3. The molecule has 2 heterocycles. The summed E-state index contributed by atoms with van der Waals surface area (Å²) in [5.74, 6) is -1.73. The summed E-state index contributed by atoms with van der Waals surface area (Å²) in [6.07, 6.45) is 3.50. The Hall–Kier alpha value is -4.26. The van der Waals surface area contributed by atoms with E-state index in [4.69, 9.17) is 5.73 Å². The molecule has 0 saturated carbocycles. The molecule has 1 aliphatic heterocycles. The van der Waals surface area contributed by atoms with Crippen molar-refractivity contribution in [1.29, 1.82) is 0 Å². The number of carbonyl (C=O) groups is 3. The number of nitrogens with two attached hydrogens (primary N) is 1. The molecular weight excluding hydrogens is 416 g/mol. The molecule has 3 aromatic rings. The summed E-state index contributed by atoms with van der Waals surface area (Å²) in [5.41, 5.74) is 11.2. The molecule has 0 aliphatic carbocycles. The summed E-state index contributed by atoms with van der Waals surface area (Å²) in [6.45, 7) is 4.99. The van der Waals surface area contributed by atoms with E-state index in [-0.39, 0.29) is 5.91 Å². The van der Waals surface area contributed by atoms with E-state index < -0.39 is 17.7 Å². The Labute approximate surface area is 191 Å². The van der Waals surface area contributed by atoms with Crippen LogP contribution in [0.5, 0.6) is 0 Å². The van der Waals surface area contributed by atoms with Crippen molar-refractivity contribution in [3.05, 3.63) is 83.2 Å². The quantitative estimate of drug-likeness (QED) is 0.580. The van der Waals surface area contributed by atoms with Crippen LogP contribution in [0.25, 0.3) is 11.6 Å². The Morgan fingerprint density at radius 1 is 1.06 bits per heavy atom. The molecule has 7 nitrogen and oxygen atoms in total. The molecule has 1 atom stereocenters. The Kier molecular flexibility index (Phi) is 5.79. The molecule has 2 aromatic carbocycles. The van der Waals surface area contributed by atoms with Crippen LogP contribution < -0.4 is 16.0 Å². The monoisotopic (exact) mass is 440 g/mol. The maximum atomic E-state index is 13.1. The van der Waals surface area contributed by atoms with Crippen molar-refractivity contribution in [2.24, 2.45) is 5.73 Å². The van der Waals surface area contributed by atoms with Gasteiger partial charge in [-0.15, -0.1) is 0 Å². The number of carbonyl (C=O) groups excluding carboxylic acids is 3. The van der Waals surface area contributed by atoms with E-state index in [0.717, 1.165) is 27.5 Å². The second-order valence-corrected chi connectivity index (χ2v) is 8.05. The third-order valence-electron chi connectivity index (χ3n) is 5.63. The average molecular weight is 441 g/mol. The fourth-order valence-corrected chi connectivity index (χ4v) is 3.81. The largest absolute Gasteiger partial charge is 0.369 e. The third-order valence-corrected chi connectivity index (χ3v) is 5.63. The van der Waals surface area contributed by atoms with Gasteiger partial charge in [0.2, 0.25) is 11.8 Å². The first kappa shape index (κ1) is 22.0. The van der Waals surface area contributed by atoms with Gasteiger partial charge < -0.3 is 11.1 Å². The average Bonchev–Trinajstić information content (AvgIpc) is 3.05. The third kappa shape index (κ3) is 4.39. The normalized spacial score (nSPS) is 14.8. The van der Waals surface area contributed by atoms with Gasteiger partial charge in [0.25, 0.3) is 5.91 Å². The second kappa shape index (κ2) is 8.70. The van der Waals surface area contributed by atoms with Crippen molar-refractivity contribution in [2.45, 2.75) is 26.7 Å². The molecule has 4 rings (SSSR count). The number of aromatic nitrogens is 1. The number of amides is 3. The van der Waals surface area contributed by atoms with Crippen molar-refractivity contribution in [3.8, 4) is 0 Å². The van der Waals surface area contributed by atoms with E-state index in [1.54, 1.807) is 37.4 Å². The summed E-state index contributed by atoms with van der Waals surface area (Å²) in [4.78, 5) is 42.3. The van der Waals surface area contributed by atoms with E-state index in [9.17, 15) is 14.4 Å². The highest BCUT2D eigenvalue weighted by molar-refractivity contribution is 6.42. The lowest BCUT2D eigenvalue weighted by molar-refractivity contribution is -0.122. The number of rotatable bonds is 5. The number of aryl methyl sites for hydroxylation is 1. The van der Waals surface area contributed by atoms with Crippen LogP contribution in [0.3, 0.4) is 0 Å². The number of hydrogen-bond donors (Lipinski definition) is 2. The molecule has 33 heavy (non-hydrogen) atoms. The Balaban J connectivity index is 1.68. The lowest BCUT2D eigenvalue weighted by Crippen LogP contribution is -2.31. The second-order valence-electron chi connectivity index (χ2n) is 8.05. The van der Waals surface area contributed by atoms with Crippen LogP contribution in [0.2, 0.25) is 0 Å². The zero-order chi connectivity index (χ0) is 23.7. The first-order valence-corrected chi connectivity index (χ1v) is 10.5. The summed E-state index contributed by atoms with van der Waals surface area (Å²) >= 11 is 0. The topological polar surface area (TPSA) is 105 Å². The maximum absolute atomic E-state index is 13.1. The molecule has 0 fully saturated rings. The Morgan fingerprint density at radius 3 is 2.42 bits per heavy atom. The Morgan fingerprint density at radius 2 is 1.79 bits per heavy atom. The summed E-state index contributed by atoms with van der Waals surface area (Å²) < 4.78 is 0. The van der Waals surface area contributed by atoms with E-state index >= 15 is 0 Å². The van der Waals surface area contributed by atoms with Gasteiger partial charge in [-0.05, 0) is 67.4 Å². The highest BCUT2D eigenvalue weighted by atomic mass is 16.2. The van der Waals surface area contributed by atoms with Crippen molar-refractivity contribution >= 4 is 46.4 Å². The smallest absolute Gasteiger partial charge is 0.265 e. The van der Waals surface area contributed by atoms with Gasteiger partial charge in [-0.1, -0.05) is 18.2 Å². The lowest BCUT2D eigenvalue weighted by atomic mass is 9.95. The van der Waals surface area contributed by atoms with Gasteiger partial charge in [-0.3, -0.25) is 19.4 Å². The summed E-state index contributed by atoms with van der Waals surface area (Å²) in [5, 5.41) is 3.32. The van der Waals surface area contributed by atoms with Crippen LogP contribution in [0.1, 0.15) is 42.1 Å². The molecule has 3 N–H and O–H groups in total. The molecule has 1 aliphatic rings. The van der Waals surface area contributed by atoms with Gasteiger partial charge in [0.15, 0.2) is 0 Å². The minimum absolute atomic E-state index is 0.368. The first-order chi connectivity index (χ1) is 15.7. The molecule has 1 unspecified atom stereocenters. The summed E-state index contributed by atoms with van der Waals surface area (Å²) in [6, 6.07) is 16.6. The molecule has 0 spiro atoms. The van der Waals surface area contributed by atoms with E-state index in [1.165, 1.54) is 6.92 Å². The van der Waals surface area contributed by atoms with E-state index in [0.29, 0.717) is 22.4 Å². The number of nitrogens with one attached hydrogen (secondary N) is 1. The van der Waals surface area contributed by atoms with Crippen LogP contribution in [-0.2, 0) is 14.4 Å². The van der Waals surface area contributed by atoms with E-state index in [2.05, 4.69) is 10.3 Å². The van der Waals surface area contributed by atoms with Crippen LogP contribution in [0.4, 0.5) is 17.1 Å². The van der Waals surface area contributed by atoms with Crippen LogP contribution in [-0.4, -0.2) is 22.7 Å². The number of anilines is 3. The van der Waals surface area contributed by atoms with Crippen molar-refractivity contribution < 1.29 is 14.4 Å². The van der Waals surface area contributed by atoms with Crippen molar-refractivity contribution in [2.75, 3.05) is 10.2 Å². The predicted octanol–water partition coefficient (Wildman–Crippen LogP) is 4.16. The SMILES string of the molecule is CC(=O)N1C(=O)/C(=C\c2ccc(Nc3ccnc(C)c3)cc2)c2cc(C(C)C(N)=O)ccc21. The first-order valence-electron chi connectivity index (χ1n) is 10.5. The maximum Gasteiger partial charge on any atom is 0.265 e. The molecule has 3 amide bonds. The van der Waals surface area contributed by atoms with Gasteiger partial charge in [0, 0.05) is 35.8 Å². The fourth-order valence-electron chi connectivity index (χ4n) is 3.81. The van der Waals surface area contributed by atoms with Crippen LogP contribution in [0, 0.1) is 6.92 Å². The highest BCUT2D eigenvalue weighted by Gasteiger charge is 2.35. The number of fused-ring (bicyclic) bond motifs is 1. The molecule has 166 valence electrons. The van der Waals surface area contributed by atoms with Gasteiger partial charge in [0.05, 0.1) is 17.2 Å². The van der Waals surface area contributed by atoms with Gasteiger partial charge in [-0.25, -0.2) is 4.90 Å². The molecule has 0 bridgehead atoms. The molecule has 1 aromatic heterocycles. The lowest BCUT2D eigenvalue weighted by Gasteiger charge is -2.13. The molecule has 0 radical (unpaired) electrons. The Bertz CT molecular complexity index is 1300. The zero-order valence-corrected chi connectivity index (χ0v) is 18.6. The zero-order valence-electron chi connectivity index (χ0n) is 18.6. The number of hydrogen-bond acceptors (Lipinski definition) is 5. The number of imide groups is 1. The van der Waals surface area contributed by atoms with Crippen LogP contribution >= 0.6 is 0 Å². The van der Waals surface area contributed by atoms with Crippen LogP contribution in [0.15, 0.2) is 60.8 Å². The number of nitrogens with zero attached hydrogens (tertiary/aromatic N) is 2. The number of pyridine rings is 1. The molecule has 7 heteroatoms. The number of primary amides is 1. The van der Waals surface area contributed by atoms with Crippen molar-refractivity contribution in [3.63, 3.8) is 0 Å². The highest BCUT2D eigenvalue weighted by Crippen LogP contribution is 2.39. The van der Waals surface area contributed by atoms with Gasteiger partial charge in [-0.2, -0.15) is 0 Å². The predicted molar refractivity (Wildman–Crippen MR) is 129 cm³/mol. The van der Waals surface area contributed by atoms with Crippen molar-refractivity contribution in [1.82, 2.24) is 4.98 Å². The molecule has 0 saturated heterocycles. The minimum Gasteiger partial charge on any atom is -0.369 e.